The predicted molar refractivity (Wildman–Crippen MR) is 85.4 cm³/mol. The van der Waals surface area contributed by atoms with E-state index in [1.807, 2.05) is 24.4 Å². The molecular formula is C15H20BrN3. The highest BCUT2D eigenvalue weighted by Gasteiger charge is 2.22. The molecule has 0 radical (unpaired) electrons. The Bertz CT molecular complexity index is 570. The molecule has 1 atom stereocenters. The van der Waals surface area contributed by atoms with Crippen LogP contribution < -0.4 is 11.1 Å². The number of nitrogens with zero attached hydrogens (tertiary/aromatic N) is 1. The number of hydrogen-bond acceptors (Lipinski definition) is 3. The third-order valence-corrected chi connectivity index (χ3v) is 4.34. The number of benzene rings is 1. The van der Waals surface area contributed by atoms with Crippen LogP contribution in [0.4, 0.5) is 5.82 Å². The van der Waals surface area contributed by atoms with Crippen molar-refractivity contribution >= 4 is 32.5 Å². The smallest absolute Gasteiger partial charge is 0.134 e. The van der Waals surface area contributed by atoms with Gasteiger partial charge in [-0.1, -0.05) is 35.0 Å². The molecule has 0 aliphatic rings. The third-order valence-electron chi connectivity index (χ3n) is 3.65. The van der Waals surface area contributed by atoms with Gasteiger partial charge in [0.15, 0.2) is 0 Å². The molecule has 0 spiro atoms. The Morgan fingerprint density at radius 3 is 2.79 bits per heavy atom. The van der Waals surface area contributed by atoms with Crippen molar-refractivity contribution in [1.82, 2.24) is 4.98 Å². The average Bonchev–Trinajstić information content (AvgIpc) is 2.40. The molecule has 0 aliphatic carbocycles. The molecule has 1 unspecified atom stereocenters. The lowest BCUT2D eigenvalue weighted by Gasteiger charge is -2.30. The van der Waals surface area contributed by atoms with Gasteiger partial charge in [0.1, 0.15) is 5.82 Å². The number of hydrogen-bond donors (Lipinski definition) is 2. The fraction of sp³-hybridized carbons (Fsp3) is 0.400. The van der Waals surface area contributed by atoms with Gasteiger partial charge in [-0.2, -0.15) is 0 Å². The topological polar surface area (TPSA) is 50.9 Å². The van der Waals surface area contributed by atoms with Crippen LogP contribution in [0.25, 0.3) is 10.8 Å². The van der Waals surface area contributed by atoms with E-state index >= 15 is 0 Å². The molecule has 1 aromatic carbocycles. The number of aromatic nitrogens is 1. The minimum atomic E-state index is -0.0155. The molecule has 3 nitrogen and oxygen atoms in total. The van der Waals surface area contributed by atoms with Gasteiger partial charge in [-0.05, 0) is 38.4 Å². The molecule has 2 rings (SSSR count). The minimum absolute atomic E-state index is 0.0155. The summed E-state index contributed by atoms with van der Waals surface area (Å²) in [6.45, 7) is 5.04. The molecular weight excluding hydrogens is 302 g/mol. The van der Waals surface area contributed by atoms with Gasteiger partial charge < -0.3 is 11.1 Å². The first-order chi connectivity index (χ1) is 9.09. The first-order valence-electron chi connectivity index (χ1n) is 6.61. The van der Waals surface area contributed by atoms with Gasteiger partial charge >= 0.3 is 0 Å². The number of halogens is 1. The van der Waals surface area contributed by atoms with Gasteiger partial charge in [-0.3, -0.25) is 0 Å². The summed E-state index contributed by atoms with van der Waals surface area (Å²) in [4.78, 5) is 4.49. The van der Waals surface area contributed by atoms with Crippen molar-refractivity contribution in [2.24, 2.45) is 5.73 Å². The highest BCUT2D eigenvalue weighted by atomic mass is 79.9. The lowest BCUT2D eigenvalue weighted by atomic mass is 9.94. The lowest BCUT2D eigenvalue weighted by Crippen LogP contribution is -2.36. The zero-order valence-electron chi connectivity index (χ0n) is 11.4. The summed E-state index contributed by atoms with van der Waals surface area (Å²) in [6, 6.07) is 8.20. The third kappa shape index (κ3) is 3.07. The highest BCUT2D eigenvalue weighted by Crippen LogP contribution is 2.30. The van der Waals surface area contributed by atoms with E-state index in [0.29, 0.717) is 6.54 Å². The van der Waals surface area contributed by atoms with Crippen molar-refractivity contribution in [1.29, 1.82) is 0 Å². The molecule has 0 bridgehead atoms. The summed E-state index contributed by atoms with van der Waals surface area (Å²) in [7, 11) is 0. The van der Waals surface area contributed by atoms with Crippen molar-refractivity contribution in [2.45, 2.75) is 32.2 Å². The van der Waals surface area contributed by atoms with E-state index < -0.39 is 0 Å². The number of anilines is 1. The zero-order chi connectivity index (χ0) is 13.9. The molecule has 3 N–H and O–H groups in total. The number of nitrogens with one attached hydrogen (secondary N) is 1. The standard InChI is InChI=1S/C15H20BrN3/c1-3-15(2,8-9-17)19-14-12-5-4-6-13(16)11(12)7-10-18-14/h4-7,10H,3,8-9,17H2,1-2H3,(H,18,19). The van der Waals surface area contributed by atoms with Crippen LogP contribution >= 0.6 is 15.9 Å². The van der Waals surface area contributed by atoms with Crippen LogP contribution in [-0.4, -0.2) is 17.1 Å². The molecule has 102 valence electrons. The van der Waals surface area contributed by atoms with Gasteiger partial charge in [0.05, 0.1) is 0 Å². The summed E-state index contributed by atoms with van der Waals surface area (Å²) in [6.07, 6.45) is 3.78. The number of rotatable bonds is 5. The van der Waals surface area contributed by atoms with Crippen molar-refractivity contribution in [3.8, 4) is 0 Å². The fourth-order valence-corrected chi connectivity index (χ4v) is 2.70. The van der Waals surface area contributed by atoms with Gasteiger partial charge in [0.25, 0.3) is 0 Å². The molecule has 0 fully saturated rings. The maximum Gasteiger partial charge on any atom is 0.134 e. The van der Waals surface area contributed by atoms with Crippen LogP contribution in [0.1, 0.15) is 26.7 Å². The maximum atomic E-state index is 5.71. The second-order valence-corrected chi connectivity index (χ2v) is 5.93. The minimum Gasteiger partial charge on any atom is -0.364 e. The van der Waals surface area contributed by atoms with E-state index in [4.69, 9.17) is 5.73 Å². The predicted octanol–water partition coefficient (Wildman–Crippen LogP) is 3.93. The van der Waals surface area contributed by atoms with Crippen LogP contribution in [0.15, 0.2) is 34.9 Å². The number of fused-ring (bicyclic) bond motifs is 1. The Morgan fingerprint density at radius 1 is 1.32 bits per heavy atom. The summed E-state index contributed by atoms with van der Waals surface area (Å²) < 4.78 is 1.09. The molecule has 1 heterocycles. The molecule has 0 saturated heterocycles. The molecule has 2 aromatic rings. The molecule has 1 aromatic heterocycles. The van der Waals surface area contributed by atoms with Crippen LogP contribution in [0.2, 0.25) is 0 Å². The second-order valence-electron chi connectivity index (χ2n) is 5.07. The quantitative estimate of drug-likeness (QED) is 0.877. The Balaban J connectivity index is 2.43. The summed E-state index contributed by atoms with van der Waals surface area (Å²) in [5.41, 5.74) is 5.70. The van der Waals surface area contributed by atoms with Crippen molar-refractivity contribution in [2.75, 3.05) is 11.9 Å². The van der Waals surface area contributed by atoms with Gasteiger partial charge in [0, 0.05) is 27.0 Å². The second kappa shape index (κ2) is 5.88. The lowest BCUT2D eigenvalue weighted by molar-refractivity contribution is 0.462. The maximum absolute atomic E-state index is 5.71. The van der Waals surface area contributed by atoms with Crippen LogP contribution in [0.3, 0.4) is 0 Å². The van der Waals surface area contributed by atoms with Gasteiger partial charge in [0.2, 0.25) is 0 Å². The Hall–Kier alpha value is -1.13. The van der Waals surface area contributed by atoms with E-state index in [9.17, 15) is 0 Å². The van der Waals surface area contributed by atoms with Crippen LogP contribution in [-0.2, 0) is 0 Å². The molecule has 19 heavy (non-hydrogen) atoms. The van der Waals surface area contributed by atoms with Gasteiger partial charge in [-0.15, -0.1) is 0 Å². The van der Waals surface area contributed by atoms with E-state index in [0.717, 1.165) is 28.5 Å². The fourth-order valence-electron chi connectivity index (χ4n) is 2.20. The van der Waals surface area contributed by atoms with Crippen LogP contribution in [0, 0.1) is 0 Å². The highest BCUT2D eigenvalue weighted by molar-refractivity contribution is 9.10. The summed E-state index contributed by atoms with van der Waals surface area (Å²) in [5, 5.41) is 5.87. The normalized spacial score (nSPS) is 14.3. The molecule has 0 saturated carbocycles. The van der Waals surface area contributed by atoms with E-state index in [1.165, 1.54) is 5.39 Å². The Morgan fingerprint density at radius 2 is 2.11 bits per heavy atom. The summed E-state index contributed by atoms with van der Waals surface area (Å²) in [5.74, 6) is 0.927. The van der Waals surface area contributed by atoms with Gasteiger partial charge in [-0.25, -0.2) is 4.98 Å². The number of pyridine rings is 1. The molecule has 4 heteroatoms. The first-order valence-corrected chi connectivity index (χ1v) is 7.40. The first kappa shape index (κ1) is 14.3. The van der Waals surface area contributed by atoms with Crippen molar-refractivity contribution in [3.05, 3.63) is 34.9 Å². The Labute approximate surface area is 122 Å². The summed E-state index contributed by atoms with van der Waals surface area (Å²) >= 11 is 3.58. The average molecular weight is 322 g/mol. The Kier molecular flexibility index (Phi) is 4.42. The van der Waals surface area contributed by atoms with Crippen LogP contribution in [0.5, 0.6) is 0 Å². The monoisotopic (exact) mass is 321 g/mol. The molecule has 0 aliphatic heterocycles. The van der Waals surface area contributed by atoms with Crippen molar-refractivity contribution < 1.29 is 0 Å². The van der Waals surface area contributed by atoms with E-state index in [-0.39, 0.29) is 5.54 Å². The van der Waals surface area contributed by atoms with E-state index in [1.54, 1.807) is 0 Å². The largest absolute Gasteiger partial charge is 0.364 e. The number of nitrogens with two attached hydrogens (primary N) is 1. The zero-order valence-corrected chi connectivity index (χ0v) is 13.0. The molecule has 0 amide bonds. The van der Waals surface area contributed by atoms with E-state index in [2.05, 4.69) is 46.1 Å². The SMILES string of the molecule is CCC(C)(CCN)Nc1nccc2c(Br)cccc12. The van der Waals surface area contributed by atoms with Crippen molar-refractivity contribution in [3.63, 3.8) is 0 Å².